The number of hydrogen-bond donors (Lipinski definition) is 0. The van der Waals surface area contributed by atoms with Crippen molar-refractivity contribution in [2.24, 2.45) is 0 Å². The summed E-state index contributed by atoms with van der Waals surface area (Å²) < 4.78 is 0. The second-order valence-corrected chi connectivity index (χ2v) is 7.38. The first-order chi connectivity index (χ1) is 12.3. The van der Waals surface area contributed by atoms with Crippen molar-refractivity contribution in [3.05, 3.63) is 12.2 Å². The summed E-state index contributed by atoms with van der Waals surface area (Å²) in [5.74, 6) is 0.0424. The third-order valence-corrected chi connectivity index (χ3v) is 5.04. The van der Waals surface area contributed by atoms with E-state index in [0.29, 0.717) is 19.4 Å². The van der Waals surface area contributed by atoms with Gasteiger partial charge in [-0.15, -0.1) is 0 Å². The van der Waals surface area contributed by atoms with Gasteiger partial charge < -0.3 is 0 Å². The van der Waals surface area contributed by atoms with E-state index in [9.17, 15) is 9.59 Å². The number of nitrogens with zero attached hydrogens (tertiary/aromatic N) is 1. The Morgan fingerprint density at radius 3 is 2.24 bits per heavy atom. The van der Waals surface area contributed by atoms with E-state index in [0.717, 1.165) is 32.1 Å². The average molecular weight is 350 g/mol. The topological polar surface area (TPSA) is 37.4 Å². The Morgan fingerprint density at radius 2 is 1.52 bits per heavy atom. The third-order valence-electron chi connectivity index (χ3n) is 5.04. The van der Waals surface area contributed by atoms with Crippen LogP contribution in [0.4, 0.5) is 0 Å². The lowest BCUT2D eigenvalue weighted by atomic mass is 10.1. The van der Waals surface area contributed by atoms with Crippen LogP contribution in [0.2, 0.25) is 0 Å². The van der Waals surface area contributed by atoms with Gasteiger partial charge in [-0.1, -0.05) is 76.9 Å². The Bertz CT molecular complexity index is 389. The van der Waals surface area contributed by atoms with Gasteiger partial charge in [0.15, 0.2) is 0 Å². The number of rotatable bonds is 13. The number of hydrogen-bond acceptors (Lipinski definition) is 2. The minimum atomic E-state index is 0.0135. The molecule has 3 nitrogen and oxygen atoms in total. The van der Waals surface area contributed by atoms with E-state index in [1.54, 1.807) is 0 Å². The predicted octanol–water partition coefficient (Wildman–Crippen LogP) is 6.17. The smallest absolute Gasteiger partial charge is 0.229 e. The van der Waals surface area contributed by atoms with Gasteiger partial charge in [-0.3, -0.25) is 14.5 Å². The first-order valence-corrected chi connectivity index (χ1v) is 10.7. The molecule has 3 heteroatoms. The number of carbonyl (C=O) groups is 2. The summed E-state index contributed by atoms with van der Waals surface area (Å²) in [7, 11) is 0. The van der Waals surface area contributed by atoms with Gasteiger partial charge in [0.1, 0.15) is 0 Å². The lowest BCUT2D eigenvalue weighted by Gasteiger charge is -2.17. The lowest BCUT2D eigenvalue weighted by Crippen LogP contribution is -2.36. The first-order valence-electron chi connectivity index (χ1n) is 10.7. The molecule has 0 aromatic carbocycles. The van der Waals surface area contributed by atoms with Crippen molar-refractivity contribution in [3.8, 4) is 0 Å². The van der Waals surface area contributed by atoms with Crippen molar-refractivity contribution in [1.29, 1.82) is 0 Å². The first kappa shape index (κ1) is 21.9. The molecule has 0 atom stereocenters. The zero-order valence-corrected chi connectivity index (χ0v) is 16.4. The summed E-state index contributed by atoms with van der Waals surface area (Å²) in [6.45, 7) is 2.89. The van der Waals surface area contributed by atoms with Crippen molar-refractivity contribution in [3.63, 3.8) is 0 Å². The van der Waals surface area contributed by atoms with Gasteiger partial charge in [-0.25, -0.2) is 0 Å². The van der Waals surface area contributed by atoms with Crippen LogP contribution in [0, 0.1) is 0 Å². The van der Waals surface area contributed by atoms with Crippen LogP contribution in [0.5, 0.6) is 0 Å². The average Bonchev–Trinajstić information content (AvgIpc) is 2.83. The van der Waals surface area contributed by atoms with Crippen molar-refractivity contribution in [1.82, 2.24) is 4.90 Å². The van der Waals surface area contributed by atoms with E-state index in [1.165, 1.54) is 62.7 Å². The van der Waals surface area contributed by atoms with E-state index >= 15 is 0 Å². The molecule has 0 aromatic heterocycles. The Balaban J connectivity index is 1.95. The van der Waals surface area contributed by atoms with Crippen molar-refractivity contribution in [2.45, 2.75) is 110 Å². The molecular formula is C22H39NO2. The van der Waals surface area contributed by atoms with Crippen LogP contribution in [-0.4, -0.2) is 23.3 Å². The van der Waals surface area contributed by atoms with Gasteiger partial charge in [-0.05, 0) is 32.1 Å². The zero-order chi connectivity index (χ0) is 18.2. The fraction of sp³-hybridized carbons (Fsp3) is 0.818. The second kappa shape index (κ2) is 15.2. The van der Waals surface area contributed by atoms with Crippen LogP contribution < -0.4 is 0 Å². The lowest BCUT2D eigenvalue weighted by molar-refractivity contribution is -0.144. The summed E-state index contributed by atoms with van der Waals surface area (Å²) in [6, 6.07) is 0. The summed E-state index contributed by atoms with van der Waals surface area (Å²) in [5, 5.41) is 0. The van der Waals surface area contributed by atoms with Gasteiger partial charge in [0.25, 0.3) is 0 Å². The maximum atomic E-state index is 12.1. The summed E-state index contributed by atoms with van der Waals surface area (Å²) in [6.07, 6.45) is 22.4. The number of imide groups is 1. The number of unbranched alkanes of at least 4 members (excludes halogenated alkanes) is 9. The van der Waals surface area contributed by atoms with E-state index in [-0.39, 0.29) is 11.8 Å². The molecule has 1 heterocycles. The molecule has 0 N–H and O–H groups in total. The minimum absolute atomic E-state index is 0.0135. The van der Waals surface area contributed by atoms with E-state index in [4.69, 9.17) is 0 Å². The molecule has 1 fully saturated rings. The summed E-state index contributed by atoms with van der Waals surface area (Å²) in [5.41, 5.74) is 0. The molecule has 0 unspecified atom stereocenters. The highest BCUT2D eigenvalue weighted by Gasteiger charge is 2.21. The maximum absolute atomic E-state index is 12.1. The fourth-order valence-corrected chi connectivity index (χ4v) is 3.40. The van der Waals surface area contributed by atoms with Crippen LogP contribution in [0.3, 0.4) is 0 Å². The molecule has 1 rings (SSSR count). The second-order valence-electron chi connectivity index (χ2n) is 7.38. The number of amides is 2. The molecule has 0 spiro atoms. The molecule has 1 aliphatic rings. The predicted molar refractivity (Wildman–Crippen MR) is 105 cm³/mol. The Labute approximate surface area is 155 Å². The van der Waals surface area contributed by atoms with Crippen LogP contribution in [0.15, 0.2) is 12.2 Å². The third kappa shape index (κ3) is 11.2. The van der Waals surface area contributed by atoms with Gasteiger partial charge in [-0.2, -0.15) is 0 Å². The van der Waals surface area contributed by atoms with Gasteiger partial charge >= 0.3 is 0 Å². The van der Waals surface area contributed by atoms with E-state index in [2.05, 4.69) is 19.1 Å². The molecular weight excluding hydrogens is 310 g/mol. The zero-order valence-electron chi connectivity index (χ0n) is 16.4. The SMILES string of the molecule is CCCCCCCCCCCC=CCCC(=O)N1CCCCCC1=O. The monoisotopic (exact) mass is 349 g/mol. The molecule has 0 bridgehead atoms. The highest BCUT2D eigenvalue weighted by molar-refractivity contribution is 5.95. The summed E-state index contributed by atoms with van der Waals surface area (Å²) in [4.78, 5) is 25.5. The molecule has 2 amide bonds. The van der Waals surface area contributed by atoms with Crippen LogP contribution in [0.1, 0.15) is 110 Å². The molecule has 0 aliphatic carbocycles. The highest BCUT2D eigenvalue weighted by Crippen LogP contribution is 2.13. The Kier molecular flexibility index (Phi) is 13.3. The van der Waals surface area contributed by atoms with Gasteiger partial charge in [0, 0.05) is 19.4 Å². The molecule has 0 aromatic rings. The highest BCUT2D eigenvalue weighted by atomic mass is 16.2. The van der Waals surface area contributed by atoms with Crippen LogP contribution >= 0.6 is 0 Å². The van der Waals surface area contributed by atoms with Crippen molar-refractivity contribution in [2.75, 3.05) is 6.54 Å². The van der Waals surface area contributed by atoms with Gasteiger partial charge in [0.2, 0.25) is 11.8 Å². The summed E-state index contributed by atoms with van der Waals surface area (Å²) >= 11 is 0. The molecule has 25 heavy (non-hydrogen) atoms. The Hall–Kier alpha value is -1.12. The molecule has 0 saturated carbocycles. The van der Waals surface area contributed by atoms with Crippen molar-refractivity contribution < 1.29 is 9.59 Å². The largest absolute Gasteiger partial charge is 0.283 e. The number of likely N-dealkylation sites (tertiary alicyclic amines) is 1. The Morgan fingerprint density at radius 1 is 0.880 bits per heavy atom. The molecule has 0 radical (unpaired) electrons. The number of allylic oxidation sites excluding steroid dienone is 2. The van der Waals surface area contributed by atoms with Crippen molar-refractivity contribution >= 4 is 11.8 Å². The van der Waals surface area contributed by atoms with E-state index in [1.807, 2.05) is 0 Å². The van der Waals surface area contributed by atoms with Gasteiger partial charge in [0.05, 0.1) is 0 Å². The normalized spacial score (nSPS) is 15.7. The van der Waals surface area contributed by atoms with Crippen LogP contribution in [0.25, 0.3) is 0 Å². The standard InChI is InChI=1S/C22H39NO2/c1-2-3-4-5-6-7-8-9-10-11-12-13-15-18-21(24)23-20-17-14-16-19-22(23)25/h12-13H,2-11,14-20H2,1H3. The quantitative estimate of drug-likeness (QED) is 0.294. The van der Waals surface area contributed by atoms with Crippen LogP contribution in [-0.2, 0) is 9.59 Å². The number of carbonyl (C=O) groups excluding carboxylic acids is 2. The molecule has 144 valence electrons. The molecule has 1 saturated heterocycles. The minimum Gasteiger partial charge on any atom is -0.283 e. The van der Waals surface area contributed by atoms with E-state index < -0.39 is 0 Å². The maximum Gasteiger partial charge on any atom is 0.229 e. The fourth-order valence-electron chi connectivity index (χ4n) is 3.40. The molecule has 1 aliphatic heterocycles.